The van der Waals surface area contributed by atoms with Crippen molar-refractivity contribution in [2.24, 2.45) is 5.14 Å². The zero-order valence-electron chi connectivity index (χ0n) is 12.0. The van der Waals surface area contributed by atoms with Gasteiger partial charge in [-0.1, -0.05) is 6.42 Å². The van der Waals surface area contributed by atoms with E-state index in [0.29, 0.717) is 11.3 Å². The molecule has 0 aromatic heterocycles. The number of primary sulfonamides is 1. The van der Waals surface area contributed by atoms with E-state index < -0.39 is 10.0 Å². The molecule has 0 saturated heterocycles. The predicted molar refractivity (Wildman–Crippen MR) is 87.7 cm³/mol. The van der Waals surface area contributed by atoms with E-state index in [1.165, 1.54) is 18.2 Å². The first-order chi connectivity index (χ1) is 9.36. The van der Waals surface area contributed by atoms with E-state index in [9.17, 15) is 8.42 Å². The van der Waals surface area contributed by atoms with Gasteiger partial charge in [-0.25, -0.2) is 13.6 Å². The summed E-state index contributed by atoms with van der Waals surface area (Å²) in [6, 6.07) is 3.14. The summed E-state index contributed by atoms with van der Waals surface area (Å²) >= 11 is 1.85. The van der Waals surface area contributed by atoms with Gasteiger partial charge in [0.1, 0.15) is 0 Å². The summed E-state index contributed by atoms with van der Waals surface area (Å²) in [5.41, 5.74) is 7.48. The topological polar surface area (TPSA) is 98.2 Å². The van der Waals surface area contributed by atoms with Gasteiger partial charge >= 0.3 is 0 Å². The van der Waals surface area contributed by atoms with E-state index >= 15 is 0 Å². The molecule has 0 atom stereocenters. The van der Waals surface area contributed by atoms with Gasteiger partial charge in [0, 0.05) is 17.9 Å². The summed E-state index contributed by atoms with van der Waals surface area (Å²) in [6.07, 6.45) is 5.49. The van der Waals surface area contributed by atoms with Crippen LogP contribution in [-0.2, 0) is 10.0 Å². The Morgan fingerprint density at radius 3 is 2.55 bits per heavy atom. The number of anilines is 2. The Hall–Kier alpha value is -0.920. The average molecular weight is 317 g/mol. The molecule has 0 fully saturated rings. The Kier molecular flexibility index (Phi) is 6.64. The first-order valence-electron chi connectivity index (χ1n) is 6.52. The second-order valence-electron chi connectivity index (χ2n) is 4.72. The molecular weight excluding hydrogens is 294 g/mol. The highest BCUT2D eigenvalue weighted by Crippen LogP contribution is 2.26. The number of benzene rings is 1. The minimum atomic E-state index is -3.74. The third kappa shape index (κ3) is 5.22. The molecule has 1 rings (SSSR count). The first-order valence-corrected chi connectivity index (χ1v) is 9.46. The molecule has 20 heavy (non-hydrogen) atoms. The molecule has 5 N–H and O–H groups in total. The highest BCUT2D eigenvalue weighted by molar-refractivity contribution is 7.98. The van der Waals surface area contributed by atoms with E-state index in [2.05, 4.69) is 11.6 Å². The van der Waals surface area contributed by atoms with E-state index in [1.54, 1.807) is 13.0 Å². The normalized spacial score (nSPS) is 11.6. The van der Waals surface area contributed by atoms with Crippen LogP contribution in [0.1, 0.15) is 24.8 Å². The summed E-state index contributed by atoms with van der Waals surface area (Å²) in [7, 11) is -3.74. The fraction of sp³-hybridized carbons (Fsp3) is 0.538. The number of hydrogen-bond donors (Lipinski definition) is 3. The SMILES string of the molecule is CSCCCCCNc1cc(N)cc(S(N)(=O)=O)c1C. The highest BCUT2D eigenvalue weighted by Gasteiger charge is 2.15. The maximum atomic E-state index is 11.5. The van der Waals surface area contributed by atoms with Crippen molar-refractivity contribution < 1.29 is 8.42 Å². The van der Waals surface area contributed by atoms with E-state index in [4.69, 9.17) is 10.9 Å². The smallest absolute Gasteiger partial charge is 0.238 e. The fourth-order valence-electron chi connectivity index (χ4n) is 1.96. The van der Waals surface area contributed by atoms with Crippen LogP contribution in [0.5, 0.6) is 0 Å². The maximum Gasteiger partial charge on any atom is 0.238 e. The summed E-state index contributed by atoms with van der Waals surface area (Å²) in [4.78, 5) is 0.0855. The van der Waals surface area contributed by atoms with Crippen molar-refractivity contribution in [3.63, 3.8) is 0 Å². The molecule has 114 valence electrons. The van der Waals surface area contributed by atoms with Crippen molar-refractivity contribution in [2.75, 3.05) is 29.6 Å². The van der Waals surface area contributed by atoms with Gasteiger partial charge in [-0.05, 0) is 49.5 Å². The minimum absolute atomic E-state index is 0.0855. The number of nitrogen functional groups attached to an aromatic ring is 1. The number of sulfonamides is 1. The Morgan fingerprint density at radius 1 is 1.25 bits per heavy atom. The van der Waals surface area contributed by atoms with Crippen molar-refractivity contribution >= 4 is 33.2 Å². The molecule has 0 amide bonds. The lowest BCUT2D eigenvalue weighted by atomic mass is 10.1. The van der Waals surface area contributed by atoms with Crippen LogP contribution < -0.4 is 16.2 Å². The summed E-state index contributed by atoms with van der Waals surface area (Å²) in [5.74, 6) is 1.17. The second kappa shape index (κ2) is 7.75. The highest BCUT2D eigenvalue weighted by atomic mass is 32.2. The number of unbranched alkanes of at least 4 members (excludes halogenated alkanes) is 2. The molecule has 0 saturated carbocycles. The van der Waals surface area contributed by atoms with Crippen molar-refractivity contribution in [3.8, 4) is 0 Å². The van der Waals surface area contributed by atoms with Crippen LogP contribution >= 0.6 is 11.8 Å². The van der Waals surface area contributed by atoms with Crippen molar-refractivity contribution in [3.05, 3.63) is 17.7 Å². The second-order valence-corrected chi connectivity index (χ2v) is 7.23. The number of nitrogens with one attached hydrogen (secondary N) is 1. The molecule has 0 heterocycles. The Labute approximate surface area is 125 Å². The molecule has 0 radical (unpaired) electrons. The Morgan fingerprint density at radius 2 is 1.95 bits per heavy atom. The van der Waals surface area contributed by atoms with Gasteiger partial charge in [-0.15, -0.1) is 0 Å². The molecule has 0 aliphatic rings. The molecule has 1 aromatic carbocycles. The molecule has 5 nitrogen and oxygen atoms in total. The summed E-state index contributed by atoms with van der Waals surface area (Å²) in [5, 5.41) is 8.43. The van der Waals surface area contributed by atoms with E-state index in [0.717, 1.165) is 25.1 Å². The Balaban J connectivity index is 2.69. The number of thioether (sulfide) groups is 1. The third-order valence-corrected chi connectivity index (χ3v) is 4.76. The van der Waals surface area contributed by atoms with Gasteiger partial charge in [-0.3, -0.25) is 0 Å². The molecule has 0 spiro atoms. The third-order valence-electron chi connectivity index (χ3n) is 3.03. The minimum Gasteiger partial charge on any atom is -0.399 e. The molecule has 0 unspecified atom stereocenters. The largest absolute Gasteiger partial charge is 0.399 e. The van der Waals surface area contributed by atoms with Gasteiger partial charge in [-0.2, -0.15) is 11.8 Å². The van der Waals surface area contributed by atoms with E-state index in [1.807, 2.05) is 11.8 Å². The van der Waals surface area contributed by atoms with Crippen LogP contribution in [-0.4, -0.2) is 27.0 Å². The van der Waals surface area contributed by atoms with Crippen LogP contribution in [0, 0.1) is 6.92 Å². The van der Waals surface area contributed by atoms with Gasteiger partial charge in [0.25, 0.3) is 0 Å². The van der Waals surface area contributed by atoms with Crippen LogP contribution in [0.4, 0.5) is 11.4 Å². The molecule has 0 aliphatic carbocycles. The van der Waals surface area contributed by atoms with Gasteiger partial charge in [0.15, 0.2) is 0 Å². The van der Waals surface area contributed by atoms with Gasteiger partial charge < -0.3 is 11.1 Å². The van der Waals surface area contributed by atoms with Crippen LogP contribution in [0.25, 0.3) is 0 Å². The lowest BCUT2D eigenvalue weighted by molar-refractivity contribution is 0.597. The zero-order valence-corrected chi connectivity index (χ0v) is 13.6. The van der Waals surface area contributed by atoms with Crippen molar-refractivity contribution in [1.29, 1.82) is 0 Å². The van der Waals surface area contributed by atoms with Gasteiger partial charge in [0.05, 0.1) is 4.90 Å². The molecule has 7 heteroatoms. The standard InChI is InChI=1S/C13H23N3O2S2/c1-10-12(16-6-4-3-5-7-19-2)8-11(14)9-13(10)20(15,17)18/h8-9,16H,3-7,14H2,1-2H3,(H2,15,17,18). The van der Waals surface area contributed by atoms with Crippen LogP contribution in [0.3, 0.4) is 0 Å². The van der Waals surface area contributed by atoms with Crippen LogP contribution in [0.15, 0.2) is 17.0 Å². The Bertz CT molecular complexity index is 545. The number of hydrogen-bond acceptors (Lipinski definition) is 5. The van der Waals surface area contributed by atoms with Crippen molar-refractivity contribution in [1.82, 2.24) is 0 Å². The van der Waals surface area contributed by atoms with Crippen molar-refractivity contribution in [2.45, 2.75) is 31.1 Å². The monoisotopic (exact) mass is 317 g/mol. The summed E-state index contributed by atoms with van der Waals surface area (Å²) < 4.78 is 23.0. The van der Waals surface area contributed by atoms with Gasteiger partial charge in [0.2, 0.25) is 10.0 Å². The molecule has 1 aromatic rings. The molecular formula is C13H23N3O2S2. The summed E-state index contributed by atoms with van der Waals surface area (Å²) in [6.45, 7) is 2.53. The quantitative estimate of drug-likeness (QED) is 0.504. The number of rotatable bonds is 8. The maximum absolute atomic E-state index is 11.5. The predicted octanol–water partition coefficient (Wildman–Crippen LogP) is 2.17. The lowest BCUT2D eigenvalue weighted by Crippen LogP contribution is -2.15. The molecule has 0 aliphatic heterocycles. The first kappa shape index (κ1) is 17.1. The van der Waals surface area contributed by atoms with E-state index in [-0.39, 0.29) is 4.90 Å². The fourth-order valence-corrected chi connectivity index (χ4v) is 3.29. The van der Waals surface area contributed by atoms with Crippen LogP contribution in [0.2, 0.25) is 0 Å². The average Bonchev–Trinajstić information content (AvgIpc) is 2.35. The number of nitrogens with two attached hydrogens (primary N) is 2. The lowest BCUT2D eigenvalue weighted by Gasteiger charge is -2.13. The zero-order chi connectivity index (χ0) is 15.2. The molecule has 0 bridgehead atoms.